The zero-order valence-corrected chi connectivity index (χ0v) is 13.2. The predicted octanol–water partition coefficient (Wildman–Crippen LogP) is 3.20. The van der Waals surface area contributed by atoms with Crippen LogP contribution < -0.4 is 0 Å². The van der Waals surface area contributed by atoms with Gasteiger partial charge in [-0.05, 0) is 24.6 Å². The fourth-order valence-electron chi connectivity index (χ4n) is 1.83. The lowest BCUT2D eigenvalue weighted by molar-refractivity contribution is -0.139. The summed E-state index contributed by atoms with van der Waals surface area (Å²) in [5.74, 6) is -0.865. The van der Waals surface area contributed by atoms with Crippen molar-refractivity contribution < 1.29 is 14.6 Å². The van der Waals surface area contributed by atoms with E-state index < -0.39 is 5.97 Å². The summed E-state index contributed by atoms with van der Waals surface area (Å²) in [6.45, 7) is 2.91. The van der Waals surface area contributed by atoms with Crippen molar-refractivity contribution in [2.75, 3.05) is 26.8 Å². The van der Waals surface area contributed by atoms with E-state index >= 15 is 0 Å². The summed E-state index contributed by atoms with van der Waals surface area (Å²) >= 11 is 9.56. The SMILES string of the molecule is COCCN(CC(=O)O)C(C)c1ccc(Br)cc1Cl. The van der Waals surface area contributed by atoms with Gasteiger partial charge >= 0.3 is 5.97 Å². The molecule has 0 aliphatic rings. The topological polar surface area (TPSA) is 49.8 Å². The molecule has 1 N–H and O–H groups in total. The highest BCUT2D eigenvalue weighted by molar-refractivity contribution is 9.10. The van der Waals surface area contributed by atoms with Crippen LogP contribution in [0.25, 0.3) is 0 Å². The zero-order valence-electron chi connectivity index (χ0n) is 10.9. The molecule has 0 aliphatic carbocycles. The number of nitrogens with zero attached hydrogens (tertiary/aromatic N) is 1. The van der Waals surface area contributed by atoms with Crippen molar-refractivity contribution in [1.82, 2.24) is 4.90 Å². The normalized spacial score (nSPS) is 12.7. The average molecular weight is 351 g/mol. The molecule has 0 radical (unpaired) electrons. The van der Waals surface area contributed by atoms with Gasteiger partial charge in [0.2, 0.25) is 0 Å². The summed E-state index contributed by atoms with van der Waals surface area (Å²) in [7, 11) is 1.59. The van der Waals surface area contributed by atoms with E-state index in [0.717, 1.165) is 10.0 Å². The van der Waals surface area contributed by atoms with Crippen molar-refractivity contribution in [3.8, 4) is 0 Å². The Morgan fingerprint density at radius 1 is 1.58 bits per heavy atom. The van der Waals surface area contributed by atoms with Gasteiger partial charge in [0.25, 0.3) is 0 Å². The van der Waals surface area contributed by atoms with Crippen LogP contribution in [0.3, 0.4) is 0 Å². The van der Waals surface area contributed by atoms with Crippen LogP contribution in [0.2, 0.25) is 5.02 Å². The molecule has 1 atom stereocenters. The summed E-state index contributed by atoms with van der Waals surface area (Å²) in [5.41, 5.74) is 0.905. The molecule has 6 heteroatoms. The molecule has 0 bridgehead atoms. The highest BCUT2D eigenvalue weighted by Gasteiger charge is 2.20. The largest absolute Gasteiger partial charge is 0.480 e. The number of halogens is 2. The molecular weight excluding hydrogens is 334 g/mol. The number of aliphatic carboxylic acids is 1. The summed E-state index contributed by atoms with van der Waals surface area (Å²) in [5, 5.41) is 9.59. The summed E-state index contributed by atoms with van der Waals surface area (Å²) in [6, 6.07) is 5.51. The van der Waals surface area contributed by atoms with Gasteiger partial charge in [-0.2, -0.15) is 0 Å². The predicted molar refractivity (Wildman–Crippen MR) is 78.7 cm³/mol. The number of hydrogen-bond donors (Lipinski definition) is 1. The molecule has 4 nitrogen and oxygen atoms in total. The summed E-state index contributed by atoms with van der Waals surface area (Å²) in [6.07, 6.45) is 0. The number of benzene rings is 1. The highest BCUT2D eigenvalue weighted by Crippen LogP contribution is 2.29. The third kappa shape index (κ3) is 5.10. The molecule has 1 unspecified atom stereocenters. The maximum Gasteiger partial charge on any atom is 0.317 e. The van der Waals surface area contributed by atoms with Crippen molar-refractivity contribution >= 4 is 33.5 Å². The van der Waals surface area contributed by atoms with Gasteiger partial charge in [-0.25, -0.2) is 0 Å². The van der Waals surface area contributed by atoms with Crippen molar-refractivity contribution in [2.24, 2.45) is 0 Å². The molecule has 19 heavy (non-hydrogen) atoms. The van der Waals surface area contributed by atoms with Crippen LogP contribution in [0.1, 0.15) is 18.5 Å². The third-order valence-corrected chi connectivity index (χ3v) is 3.70. The van der Waals surface area contributed by atoms with Crippen LogP contribution in [0, 0.1) is 0 Å². The zero-order chi connectivity index (χ0) is 14.4. The smallest absolute Gasteiger partial charge is 0.317 e. The second-order valence-electron chi connectivity index (χ2n) is 4.20. The minimum atomic E-state index is -0.865. The van der Waals surface area contributed by atoms with Crippen LogP contribution in [-0.2, 0) is 9.53 Å². The van der Waals surface area contributed by atoms with Crippen LogP contribution >= 0.6 is 27.5 Å². The number of hydrogen-bond acceptors (Lipinski definition) is 3. The van der Waals surface area contributed by atoms with E-state index in [1.807, 2.05) is 30.0 Å². The lowest BCUT2D eigenvalue weighted by Crippen LogP contribution is -2.35. The van der Waals surface area contributed by atoms with Gasteiger partial charge in [0, 0.05) is 29.2 Å². The van der Waals surface area contributed by atoms with Gasteiger partial charge in [-0.15, -0.1) is 0 Å². The number of carboxylic acid groups (broad SMARTS) is 1. The summed E-state index contributed by atoms with van der Waals surface area (Å²) in [4.78, 5) is 12.7. The van der Waals surface area contributed by atoms with Gasteiger partial charge in [-0.1, -0.05) is 33.6 Å². The van der Waals surface area contributed by atoms with E-state index in [1.165, 1.54) is 0 Å². The first-order valence-electron chi connectivity index (χ1n) is 5.85. The van der Waals surface area contributed by atoms with E-state index in [-0.39, 0.29) is 12.6 Å². The van der Waals surface area contributed by atoms with Crippen LogP contribution in [0.5, 0.6) is 0 Å². The van der Waals surface area contributed by atoms with E-state index in [9.17, 15) is 4.79 Å². The molecular formula is C13H17BrClNO3. The number of carboxylic acids is 1. The Balaban J connectivity index is 2.90. The monoisotopic (exact) mass is 349 g/mol. The molecule has 0 fully saturated rings. The number of carbonyl (C=O) groups is 1. The molecule has 0 heterocycles. The first kappa shape index (κ1) is 16.4. The molecule has 1 aromatic carbocycles. The maximum absolute atomic E-state index is 10.9. The Kier molecular flexibility index (Phi) is 6.79. The number of rotatable bonds is 7. The molecule has 0 saturated carbocycles. The standard InChI is InChI=1S/C13H17BrClNO3/c1-9(11-4-3-10(14)7-12(11)15)16(5-6-19-2)8-13(17)18/h3-4,7,9H,5-6,8H2,1-2H3,(H,17,18). The average Bonchev–Trinajstić information content (AvgIpc) is 2.33. The van der Waals surface area contributed by atoms with Gasteiger partial charge < -0.3 is 9.84 Å². The van der Waals surface area contributed by atoms with Crippen molar-refractivity contribution in [3.05, 3.63) is 33.3 Å². The van der Waals surface area contributed by atoms with Gasteiger partial charge in [0.1, 0.15) is 0 Å². The van der Waals surface area contributed by atoms with Crippen LogP contribution in [0.15, 0.2) is 22.7 Å². The highest BCUT2D eigenvalue weighted by atomic mass is 79.9. The molecule has 1 aromatic rings. The molecule has 0 amide bonds. The Labute approximate surface area is 126 Å². The molecule has 0 spiro atoms. The molecule has 0 aliphatic heterocycles. The first-order chi connectivity index (χ1) is 8.95. The second kappa shape index (κ2) is 7.85. The van der Waals surface area contributed by atoms with Crippen LogP contribution in [-0.4, -0.2) is 42.8 Å². The van der Waals surface area contributed by atoms with Gasteiger partial charge in [0.15, 0.2) is 0 Å². The quantitative estimate of drug-likeness (QED) is 0.820. The van der Waals surface area contributed by atoms with E-state index in [4.69, 9.17) is 21.4 Å². The number of methoxy groups -OCH3 is 1. The van der Waals surface area contributed by atoms with E-state index in [2.05, 4.69) is 15.9 Å². The molecule has 106 valence electrons. The Morgan fingerprint density at radius 3 is 2.79 bits per heavy atom. The van der Waals surface area contributed by atoms with Crippen molar-refractivity contribution in [1.29, 1.82) is 0 Å². The van der Waals surface area contributed by atoms with E-state index in [0.29, 0.717) is 18.2 Å². The lowest BCUT2D eigenvalue weighted by Gasteiger charge is -2.28. The van der Waals surface area contributed by atoms with Gasteiger partial charge in [-0.3, -0.25) is 9.69 Å². The first-order valence-corrected chi connectivity index (χ1v) is 7.02. The van der Waals surface area contributed by atoms with Gasteiger partial charge in [0.05, 0.1) is 13.2 Å². The minimum absolute atomic E-state index is 0.0447. The Bertz CT molecular complexity index is 442. The Hall–Kier alpha value is -0.620. The van der Waals surface area contributed by atoms with Crippen LogP contribution in [0.4, 0.5) is 0 Å². The molecule has 0 saturated heterocycles. The summed E-state index contributed by atoms with van der Waals surface area (Å²) < 4.78 is 5.91. The van der Waals surface area contributed by atoms with Crippen molar-refractivity contribution in [3.63, 3.8) is 0 Å². The second-order valence-corrected chi connectivity index (χ2v) is 5.52. The Morgan fingerprint density at radius 2 is 2.26 bits per heavy atom. The number of ether oxygens (including phenoxy) is 1. The lowest BCUT2D eigenvalue weighted by atomic mass is 10.1. The molecule has 0 aromatic heterocycles. The maximum atomic E-state index is 10.9. The molecule has 1 rings (SSSR count). The fourth-order valence-corrected chi connectivity index (χ4v) is 2.66. The minimum Gasteiger partial charge on any atom is -0.480 e. The third-order valence-electron chi connectivity index (χ3n) is 2.88. The van der Waals surface area contributed by atoms with E-state index in [1.54, 1.807) is 7.11 Å². The fraction of sp³-hybridized carbons (Fsp3) is 0.462. The van der Waals surface area contributed by atoms with Crippen molar-refractivity contribution in [2.45, 2.75) is 13.0 Å².